The lowest BCUT2D eigenvalue weighted by molar-refractivity contribution is 0.710. The number of halogens is 1. The molecule has 0 unspecified atom stereocenters. The summed E-state index contributed by atoms with van der Waals surface area (Å²) in [4.78, 5) is 8.87. The Balaban J connectivity index is 0.00000280. The van der Waals surface area contributed by atoms with Crippen LogP contribution in [0.4, 0.5) is 5.82 Å². The highest BCUT2D eigenvalue weighted by Crippen LogP contribution is 2.04. The van der Waals surface area contributed by atoms with E-state index in [1.807, 2.05) is 47.0 Å². The molecule has 28 heavy (non-hydrogen) atoms. The molecule has 0 fully saturated rings. The van der Waals surface area contributed by atoms with Gasteiger partial charge in [-0.1, -0.05) is 12.1 Å². The SMILES string of the molecule is CCNC(=NCc1nnc2ccccn12)NCCCCNc1ccccn1.I. The Labute approximate surface area is 182 Å². The molecule has 3 aromatic rings. The summed E-state index contributed by atoms with van der Waals surface area (Å²) in [5.41, 5.74) is 0.834. The molecule has 0 saturated heterocycles. The van der Waals surface area contributed by atoms with Crippen molar-refractivity contribution >= 4 is 41.4 Å². The topological polar surface area (TPSA) is 91.5 Å². The van der Waals surface area contributed by atoms with Crippen LogP contribution in [0.25, 0.3) is 5.65 Å². The Morgan fingerprint density at radius 2 is 1.89 bits per heavy atom. The van der Waals surface area contributed by atoms with Crippen molar-refractivity contribution in [3.63, 3.8) is 0 Å². The minimum atomic E-state index is 0. The molecule has 3 aromatic heterocycles. The van der Waals surface area contributed by atoms with Gasteiger partial charge in [-0.2, -0.15) is 0 Å². The van der Waals surface area contributed by atoms with Crippen molar-refractivity contribution in [3.8, 4) is 0 Å². The van der Waals surface area contributed by atoms with Crippen molar-refractivity contribution in [2.45, 2.75) is 26.3 Å². The van der Waals surface area contributed by atoms with Gasteiger partial charge >= 0.3 is 0 Å². The van der Waals surface area contributed by atoms with Crippen LogP contribution >= 0.6 is 24.0 Å². The van der Waals surface area contributed by atoms with E-state index >= 15 is 0 Å². The first kappa shape index (κ1) is 21.9. The van der Waals surface area contributed by atoms with Crippen molar-refractivity contribution < 1.29 is 0 Å². The molecular weight excluding hydrogens is 467 g/mol. The summed E-state index contributed by atoms with van der Waals surface area (Å²) >= 11 is 0. The molecule has 0 aliphatic heterocycles. The molecular formula is C19H27IN8. The third-order valence-corrected chi connectivity index (χ3v) is 3.97. The number of fused-ring (bicyclic) bond motifs is 1. The van der Waals surface area contributed by atoms with Crippen LogP contribution in [0.1, 0.15) is 25.6 Å². The minimum Gasteiger partial charge on any atom is -0.370 e. The summed E-state index contributed by atoms with van der Waals surface area (Å²) in [6.45, 7) is 5.10. The molecule has 0 aromatic carbocycles. The Morgan fingerprint density at radius 3 is 2.71 bits per heavy atom. The average molecular weight is 494 g/mol. The van der Waals surface area contributed by atoms with Crippen LogP contribution in [0.3, 0.4) is 0 Å². The molecule has 0 radical (unpaired) electrons. The molecule has 0 spiro atoms. The monoisotopic (exact) mass is 494 g/mol. The molecule has 0 atom stereocenters. The summed E-state index contributed by atoms with van der Waals surface area (Å²) in [6.07, 6.45) is 5.84. The lowest BCUT2D eigenvalue weighted by Crippen LogP contribution is -2.37. The predicted molar refractivity (Wildman–Crippen MR) is 123 cm³/mol. The van der Waals surface area contributed by atoms with Crippen LogP contribution in [-0.4, -0.2) is 45.2 Å². The maximum Gasteiger partial charge on any atom is 0.191 e. The fourth-order valence-corrected chi connectivity index (χ4v) is 2.63. The molecule has 0 aliphatic carbocycles. The fourth-order valence-electron chi connectivity index (χ4n) is 2.63. The third-order valence-electron chi connectivity index (χ3n) is 3.97. The Bertz CT molecular complexity index is 849. The molecule has 0 amide bonds. The summed E-state index contributed by atoms with van der Waals surface area (Å²) in [7, 11) is 0. The second kappa shape index (κ2) is 12.1. The van der Waals surface area contributed by atoms with E-state index in [1.165, 1.54) is 0 Å². The number of nitrogens with zero attached hydrogens (tertiary/aromatic N) is 5. The molecule has 3 N–H and O–H groups in total. The quantitative estimate of drug-likeness (QED) is 0.184. The van der Waals surface area contributed by atoms with Crippen molar-refractivity contribution in [3.05, 3.63) is 54.6 Å². The summed E-state index contributed by atoms with van der Waals surface area (Å²) in [5.74, 6) is 2.53. The van der Waals surface area contributed by atoms with Gasteiger partial charge in [-0.3, -0.25) is 4.40 Å². The number of pyridine rings is 2. The largest absolute Gasteiger partial charge is 0.370 e. The number of aliphatic imine (C=N–C) groups is 1. The maximum atomic E-state index is 4.62. The van der Waals surface area contributed by atoms with E-state index in [4.69, 9.17) is 0 Å². The van der Waals surface area contributed by atoms with E-state index in [-0.39, 0.29) is 24.0 Å². The third kappa shape index (κ3) is 6.63. The van der Waals surface area contributed by atoms with Gasteiger partial charge in [-0.15, -0.1) is 34.2 Å². The Morgan fingerprint density at radius 1 is 1.04 bits per heavy atom. The molecule has 3 rings (SSSR count). The highest BCUT2D eigenvalue weighted by atomic mass is 127. The number of hydrogen-bond donors (Lipinski definition) is 3. The molecule has 150 valence electrons. The number of guanidine groups is 1. The van der Waals surface area contributed by atoms with Crippen LogP contribution < -0.4 is 16.0 Å². The minimum absolute atomic E-state index is 0. The first-order valence-electron chi connectivity index (χ1n) is 9.32. The second-order valence-electron chi connectivity index (χ2n) is 6.02. The number of nitrogens with one attached hydrogen (secondary N) is 3. The number of rotatable bonds is 9. The lowest BCUT2D eigenvalue weighted by atomic mass is 10.3. The van der Waals surface area contributed by atoms with Crippen molar-refractivity contribution in [1.82, 2.24) is 30.2 Å². The average Bonchev–Trinajstić information content (AvgIpc) is 3.12. The first-order valence-corrected chi connectivity index (χ1v) is 9.32. The first-order chi connectivity index (χ1) is 13.4. The fraction of sp³-hybridized carbons (Fsp3) is 0.368. The van der Waals surface area contributed by atoms with Crippen LogP contribution in [-0.2, 0) is 6.54 Å². The molecule has 8 nitrogen and oxygen atoms in total. The number of aromatic nitrogens is 4. The van der Waals surface area contributed by atoms with Gasteiger partial charge in [-0.25, -0.2) is 9.98 Å². The highest BCUT2D eigenvalue weighted by molar-refractivity contribution is 14.0. The van der Waals surface area contributed by atoms with Gasteiger partial charge < -0.3 is 16.0 Å². The van der Waals surface area contributed by atoms with Gasteiger partial charge in [0.05, 0.1) is 0 Å². The predicted octanol–water partition coefficient (Wildman–Crippen LogP) is 2.69. The zero-order chi connectivity index (χ0) is 18.7. The van der Waals surface area contributed by atoms with E-state index in [2.05, 4.69) is 43.0 Å². The van der Waals surface area contributed by atoms with Gasteiger partial charge in [0.2, 0.25) is 0 Å². The van der Waals surface area contributed by atoms with E-state index in [0.29, 0.717) is 6.54 Å². The van der Waals surface area contributed by atoms with Crippen LogP contribution in [0, 0.1) is 0 Å². The second-order valence-corrected chi connectivity index (χ2v) is 6.02. The van der Waals surface area contributed by atoms with Crippen LogP contribution in [0.15, 0.2) is 53.8 Å². The van der Waals surface area contributed by atoms with Gasteiger partial charge in [0.1, 0.15) is 12.4 Å². The summed E-state index contributed by atoms with van der Waals surface area (Å²) in [5, 5.41) is 18.3. The van der Waals surface area contributed by atoms with Gasteiger partial charge in [0.25, 0.3) is 0 Å². The van der Waals surface area contributed by atoms with Crippen molar-refractivity contribution in [2.75, 3.05) is 25.0 Å². The van der Waals surface area contributed by atoms with Crippen LogP contribution in [0.2, 0.25) is 0 Å². The molecule has 0 bridgehead atoms. The molecule has 9 heteroatoms. The van der Waals surface area contributed by atoms with E-state index in [9.17, 15) is 0 Å². The van der Waals surface area contributed by atoms with Crippen molar-refractivity contribution in [1.29, 1.82) is 0 Å². The number of anilines is 1. The van der Waals surface area contributed by atoms with E-state index in [1.54, 1.807) is 6.20 Å². The zero-order valence-electron chi connectivity index (χ0n) is 16.0. The molecule has 0 aliphatic rings. The number of hydrogen-bond acceptors (Lipinski definition) is 5. The number of unbranched alkanes of at least 4 members (excludes halogenated alkanes) is 1. The van der Waals surface area contributed by atoms with E-state index in [0.717, 1.165) is 55.7 Å². The van der Waals surface area contributed by atoms with Crippen molar-refractivity contribution in [2.24, 2.45) is 4.99 Å². The molecule has 0 saturated carbocycles. The molecule has 3 heterocycles. The lowest BCUT2D eigenvalue weighted by Gasteiger charge is -2.11. The normalized spacial score (nSPS) is 11.1. The Hall–Kier alpha value is -2.43. The maximum absolute atomic E-state index is 4.62. The van der Waals surface area contributed by atoms with Gasteiger partial charge in [-0.05, 0) is 44.0 Å². The zero-order valence-corrected chi connectivity index (χ0v) is 18.3. The summed E-state index contributed by atoms with van der Waals surface area (Å²) in [6, 6.07) is 11.7. The smallest absolute Gasteiger partial charge is 0.191 e. The van der Waals surface area contributed by atoms with Crippen LogP contribution in [0.5, 0.6) is 0 Å². The van der Waals surface area contributed by atoms with Gasteiger partial charge in [0.15, 0.2) is 17.4 Å². The standard InChI is InChI=1S/C19H26N8.HI/c1-2-20-19(23-13-7-6-12-22-16-9-3-5-11-21-16)24-15-18-26-25-17-10-4-8-14-27(17)18;/h3-5,8-11,14H,2,6-7,12-13,15H2,1H3,(H,21,22)(H2,20,23,24);1H. The Kier molecular flexibility index (Phi) is 9.46. The highest BCUT2D eigenvalue weighted by Gasteiger charge is 2.04. The van der Waals surface area contributed by atoms with E-state index < -0.39 is 0 Å². The van der Waals surface area contributed by atoms with Gasteiger partial charge in [0, 0.05) is 32.0 Å². The summed E-state index contributed by atoms with van der Waals surface area (Å²) < 4.78 is 1.95.